The average Bonchev–Trinajstić information content (AvgIpc) is 1.64. The summed E-state index contributed by atoms with van der Waals surface area (Å²) in [5.41, 5.74) is 12.0. The SMILES string of the molecule is NC1=C[C@@H](N)CCC1. The second-order valence-electron chi connectivity index (χ2n) is 2.30. The van der Waals surface area contributed by atoms with Gasteiger partial charge < -0.3 is 11.5 Å². The first-order valence-corrected chi connectivity index (χ1v) is 3.01. The van der Waals surface area contributed by atoms with E-state index in [9.17, 15) is 0 Å². The van der Waals surface area contributed by atoms with E-state index in [4.69, 9.17) is 11.5 Å². The van der Waals surface area contributed by atoms with Gasteiger partial charge in [-0.25, -0.2) is 0 Å². The third-order valence-electron chi connectivity index (χ3n) is 1.43. The molecular weight excluding hydrogens is 100 g/mol. The average molecular weight is 112 g/mol. The zero-order chi connectivity index (χ0) is 5.98. The van der Waals surface area contributed by atoms with E-state index in [0.717, 1.165) is 25.0 Å². The fourth-order valence-electron chi connectivity index (χ4n) is 0.984. The van der Waals surface area contributed by atoms with Gasteiger partial charge in [-0.15, -0.1) is 0 Å². The monoisotopic (exact) mass is 112 g/mol. The number of hydrogen-bond acceptors (Lipinski definition) is 2. The maximum absolute atomic E-state index is 5.57. The minimum atomic E-state index is 0.226. The third-order valence-corrected chi connectivity index (χ3v) is 1.43. The van der Waals surface area contributed by atoms with Crippen LogP contribution in [0.25, 0.3) is 0 Å². The van der Waals surface area contributed by atoms with Crippen molar-refractivity contribution in [2.75, 3.05) is 0 Å². The summed E-state index contributed by atoms with van der Waals surface area (Å²) in [5.74, 6) is 0. The van der Waals surface area contributed by atoms with Crippen molar-refractivity contribution in [3.8, 4) is 0 Å². The van der Waals surface area contributed by atoms with E-state index in [-0.39, 0.29) is 6.04 Å². The molecule has 0 fully saturated rings. The number of allylic oxidation sites excluding steroid dienone is 1. The Balaban J connectivity index is 2.50. The van der Waals surface area contributed by atoms with Gasteiger partial charge >= 0.3 is 0 Å². The predicted octanol–water partition coefficient (Wildman–Crippen LogP) is 0.340. The first-order valence-electron chi connectivity index (χ1n) is 3.01. The largest absolute Gasteiger partial charge is 0.402 e. The van der Waals surface area contributed by atoms with E-state index in [1.807, 2.05) is 6.08 Å². The van der Waals surface area contributed by atoms with Gasteiger partial charge in [0.1, 0.15) is 0 Å². The van der Waals surface area contributed by atoms with Gasteiger partial charge in [0.25, 0.3) is 0 Å². The summed E-state index contributed by atoms with van der Waals surface area (Å²) < 4.78 is 0. The van der Waals surface area contributed by atoms with Crippen molar-refractivity contribution in [2.45, 2.75) is 25.3 Å². The Labute approximate surface area is 49.5 Å². The highest BCUT2D eigenvalue weighted by molar-refractivity contribution is 5.05. The molecule has 0 bridgehead atoms. The highest BCUT2D eigenvalue weighted by atomic mass is 14.7. The van der Waals surface area contributed by atoms with Crippen molar-refractivity contribution in [1.29, 1.82) is 0 Å². The van der Waals surface area contributed by atoms with E-state index < -0.39 is 0 Å². The molecule has 8 heavy (non-hydrogen) atoms. The van der Waals surface area contributed by atoms with Crippen LogP contribution in [0.5, 0.6) is 0 Å². The molecule has 0 radical (unpaired) electrons. The minimum absolute atomic E-state index is 0.226. The zero-order valence-electron chi connectivity index (χ0n) is 4.93. The lowest BCUT2D eigenvalue weighted by Crippen LogP contribution is -2.22. The molecule has 0 spiro atoms. The van der Waals surface area contributed by atoms with Crippen LogP contribution in [-0.2, 0) is 0 Å². The van der Waals surface area contributed by atoms with Crippen molar-refractivity contribution in [3.63, 3.8) is 0 Å². The van der Waals surface area contributed by atoms with Gasteiger partial charge in [0.2, 0.25) is 0 Å². The van der Waals surface area contributed by atoms with Crippen LogP contribution < -0.4 is 11.5 Å². The van der Waals surface area contributed by atoms with Crippen LogP contribution in [0.2, 0.25) is 0 Å². The Morgan fingerprint density at radius 2 is 2.38 bits per heavy atom. The molecule has 0 saturated heterocycles. The fourth-order valence-corrected chi connectivity index (χ4v) is 0.984. The normalized spacial score (nSPS) is 29.6. The second kappa shape index (κ2) is 2.18. The topological polar surface area (TPSA) is 52.0 Å². The molecular formula is C6H12N2. The first kappa shape index (κ1) is 5.63. The Morgan fingerprint density at radius 3 is 2.75 bits per heavy atom. The number of rotatable bonds is 0. The Hall–Kier alpha value is -0.500. The molecule has 0 aliphatic heterocycles. The molecule has 0 aromatic carbocycles. The highest BCUT2D eigenvalue weighted by Gasteiger charge is 2.05. The summed E-state index contributed by atoms with van der Waals surface area (Å²) in [4.78, 5) is 0. The second-order valence-corrected chi connectivity index (χ2v) is 2.30. The van der Waals surface area contributed by atoms with Crippen molar-refractivity contribution in [2.24, 2.45) is 11.5 Å². The minimum Gasteiger partial charge on any atom is -0.402 e. The van der Waals surface area contributed by atoms with Crippen LogP contribution >= 0.6 is 0 Å². The molecule has 46 valence electrons. The number of hydrogen-bond donors (Lipinski definition) is 2. The van der Waals surface area contributed by atoms with Gasteiger partial charge in [0.15, 0.2) is 0 Å². The Morgan fingerprint density at radius 1 is 1.62 bits per heavy atom. The molecule has 0 amide bonds. The molecule has 1 rings (SSSR count). The number of nitrogens with two attached hydrogens (primary N) is 2. The van der Waals surface area contributed by atoms with Crippen molar-refractivity contribution < 1.29 is 0 Å². The summed E-state index contributed by atoms with van der Waals surface area (Å²) in [6, 6.07) is 0.226. The molecule has 4 N–H and O–H groups in total. The van der Waals surface area contributed by atoms with Crippen LogP contribution in [0.1, 0.15) is 19.3 Å². The fraction of sp³-hybridized carbons (Fsp3) is 0.667. The van der Waals surface area contributed by atoms with E-state index in [1.54, 1.807) is 0 Å². The van der Waals surface area contributed by atoms with Gasteiger partial charge in [-0.2, -0.15) is 0 Å². The quantitative estimate of drug-likeness (QED) is 0.474. The summed E-state index contributed by atoms with van der Waals surface area (Å²) in [6.45, 7) is 0. The lowest BCUT2D eigenvalue weighted by Gasteiger charge is -2.13. The van der Waals surface area contributed by atoms with Crippen LogP contribution in [0.15, 0.2) is 11.8 Å². The molecule has 1 aliphatic rings. The molecule has 0 aromatic rings. The van der Waals surface area contributed by atoms with Crippen LogP contribution in [0.4, 0.5) is 0 Å². The van der Waals surface area contributed by atoms with Gasteiger partial charge in [-0.05, 0) is 25.3 Å². The summed E-state index contributed by atoms with van der Waals surface area (Å²) in [6.07, 6.45) is 5.24. The zero-order valence-corrected chi connectivity index (χ0v) is 4.93. The van der Waals surface area contributed by atoms with Gasteiger partial charge in [0, 0.05) is 11.7 Å². The van der Waals surface area contributed by atoms with E-state index >= 15 is 0 Å². The smallest absolute Gasteiger partial charge is 0.0243 e. The maximum atomic E-state index is 5.57. The molecule has 0 heterocycles. The van der Waals surface area contributed by atoms with Crippen LogP contribution in [0.3, 0.4) is 0 Å². The molecule has 0 saturated carbocycles. The van der Waals surface area contributed by atoms with Gasteiger partial charge in [-0.3, -0.25) is 0 Å². The molecule has 2 heteroatoms. The Bertz CT molecular complexity index is 107. The van der Waals surface area contributed by atoms with Crippen LogP contribution in [-0.4, -0.2) is 6.04 Å². The van der Waals surface area contributed by atoms with Gasteiger partial charge in [0.05, 0.1) is 0 Å². The van der Waals surface area contributed by atoms with Crippen molar-refractivity contribution >= 4 is 0 Å². The molecule has 1 aliphatic carbocycles. The summed E-state index contributed by atoms with van der Waals surface area (Å²) in [7, 11) is 0. The van der Waals surface area contributed by atoms with E-state index in [2.05, 4.69) is 0 Å². The molecule has 1 atom stereocenters. The third kappa shape index (κ3) is 1.23. The van der Waals surface area contributed by atoms with E-state index in [1.165, 1.54) is 0 Å². The Kier molecular flexibility index (Phi) is 1.53. The predicted molar refractivity (Wildman–Crippen MR) is 34.1 cm³/mol. The van der Waals surface area contributed by atoms with Gasteiger partial charge in [-0.1, -0.05) is 0 Å². The summed E-state index contributed by atoms with van der Waals surface area (Å²) >= 11 is 0. The summed E-state index contributed by atoms with van der Waals surface area (Å²) in [5, 5.41) is 0. The lowest BCUT2D eigenvalue weighted by molar-refractivity contribution is 0.622. The standard InChI is InChI=1S/C6H12N2/c7-5-2-1-3-6(8)4-5/h4-5H,1-3,7-8H2/t5-/m0/s1. The van der Waals surface area contributed by atoms with Crippen LogP contribution in [0, 0.1) is 0 Å². The molecule has 2 nitrogen and oxygen atoms in total. The lowest BCUT2D eigenvalue weighted by atomic mass is 10.0. The maximum Gasteiger partial charge on any atom is 0.0243 e. The molecule has 0 unspecified atom stereocenters. The van der Waals surface area contributed by atoms with Crippen molar-refractivity contribution in [3.05, 3.63) is 11.8 Å². The van der Waals surface area contributed by atoms with E-state index in [0.29, 0.717) is 0 Å². The molecule has 0 aromatic heterocycles. The first-order chi connectivity index (χ1) is 3.79. The van der Waals surface area contributed by atoms with Crippen molar-refractivity contribution in [1.82, 2.24) is 0 Å². The highest BCUT2D eigenvalue weighted by Crippen LogP contribution is 2.11.